The van der Waals surface area contributed by atoms with Gasteiger partial charge in [-0.25, -0.2) is 4.39 Å². The van der Waals surface area contributed by atoms with E-state index in [9.17, 15) is 24.3 Å². The van der Waals surface area contributed by atoms with E-state index < -0.39 is 64.4 Å². The lowest BCUT2D eigenvalue weighted by Crippen LogP contribution is -2.71. The second-order valence-electron chi connectivity index (χ2n) is 10.4. The monoisotopic (exact) mass is 466 g/mol. The minimum Gasteiger partial charge on any atom is -0.458 e. The molecule has 0 heterocycles. The van der Waals surface area contributed by atoms with Crippen LogP contribution in [-0.2, 0) is 28.7 Å². The summed E-state index contributed by atoms with van der Waals surface area (Å²) in [4.78, 5) is 49.7. The van der Waals surface area contributed by atoms with E-state index in [0.717, 1.165) is 0 Å². The first-order chi connectivity index (χ1) is 15.3. The lowest BCUT2D eigenvalue weighted by molar-refractivity contribution is -0.236. The Hall–Kier alpha value is -2.09. The van der Waals surface area contributed by atoms with Crippen LogP contribution in [0.2, 0.25) is 0 Å². The van der Waals surface area contributed by atoms with E-state index in [1.165, 1.54) is 13.8 Å². The Morgan fingerprint density at radius 2 is 1.85 bits per heavy atom. The molecule has 7 atom stereocenters. The number of hydrogen-bond donors (Lipinski definition) is 1. The third kappa shape index (κ3) is 3.56. The van der Waals surface area contributed by atoms with Crippen molar-refractivity contribution < 1.29 is 38.1 Å². The summed E-state index contributed by atoms with van der Waals surface area (Å²) in [7, 11) is 0. The van der Waals surface area contributed by atoms with Gasteiger partial charge in [0.25, 0.3) is 0 Å². The van der Waals surface area contributed by atoms with Crippen LogP contribution in [0.5, 0.6) is 0 Å². The van der Waals surface area contributed by atoms with Crippen LogP contribution >= 0.6 is 0 Å². The fraction of sp³-hybridized carbons (Fsp3) is 0.760. The zero-order valence-electron chi connectivity index (χ0n) is 19.9. The average Bonchev–Trinajstić information content (AvgIpc) is 3.01. The molecular weight excluding hydrogens is 431 g/mol. The molecule has 3 rings (SSSR count). The van der Waals surface area contributed by atoms with Gasteiger partial charge in [0.1, 0.15) is 5.78 Å². The first-order valence-corrected chi connectivity index (χ1v) is 11.7. The van der Waals surface area contributed by atoms with Crippen molar-refractivity contribution in [1.82, 2.24) is 0 Å². The van der Waals surface area contributed by atoms with Crippen molar-refractivity contribution in [3.63, 3.8) is 0 Å². The third-order valence-electron chi connectivity index (χ3n) is 8.84. The Morgan fingerprint density at radius 1 is 1.18 bits per heavy atom. The fourth-order valence-corrected chi connectivity index (χ4v) is 7.21. The minimum atomic E-state index is -2.17. The van der Waals surface area contributed by atoms with Gasteiger partial charge >= 0.3 is 11.9 Å². The second kappa shape index (κ2) is 8.60. The lowest BCUT2D eigenvalue weighted by atomic mass is 9.45. The van der Waals surface area contributed by atoms with E-state index in [-0.39, 0.29) is 37.9 Å². The second-order valence-corrected chi connectivity index (χ2v) is 10.4. The van der Waals surface area contributed by atoms with Crippen LogP contribution in [0.1, 0.15) is 72.6 Å². The zero-order chi connectivity index (χ0) is 24.8. The Balaban J connectivity index is 2.07. The molecule has 3 fully saturated rings. The fourth-order valence-electron chi connectivity index (χ4n) is 7.21. The zero-order valence-corrected chi connectivity index (χ0v) is 19.9. The van der Waals surface area contributed by atoms with Gasteiger partial charge < -0.3 is 14.6 Å². The molecule has 0 bridgehead atoms. The molecule has 3 aliphatic rings. The summed E-state index contributed by atoms with van der Waals surface area (Å²) < 4.78 is 27.6. The summed E-state index contributed by atoms with van der Waals surface area (Å²) in [5.74, 6) is -3.18. The van der Waals surface area contributed by atoms with Gasteiger partial charge in [0.05, 0.1) is 11.5 Å². The third-order valence-corrected chi connectivity index (χ3v) is 8.84. The number of aliphatic hydroxyl groups excluding tert-OH is 1. The van der Waals surface area contributed by atoms with Crippen LogP contribution in [0.3, 0.4) is 0 Å². The molecule has 0 saturated heterocycles. The molecule has 8 heteroatoms. The number of halogens is 1. The van der Waals surface area contributed by atoms with E-state index in [2.05, 4.69) is 6.58 Å². The van der Waals surface area contributed by atoms with Gasteiger partial charge in [-0.05, 0) is 51.4 Å². The van der Waals surface area contributed by atoms with Crippen molar-refractivity contribution in [2.24, 2.45) is 22.7 Å². The number of alkyl halides is 1. The molecule has 0 amide bonds. The van der Waals surface area contributed by atoms with Gasteiger partial charge in [-0.1, -0.05) is 13.0 Å². The summed E-state index contributed by atoms with van der Waals surface area (Å²) in [6, 6.07) is 0. The first-order valence-electron chi connectivity index (χ1n) is 11.7. The minimum absolute atomic E-state index is 0.143. The summed E-state index contributed by atoms with van der Waals surface area (Å²) in [6.07, 6.45) is 1.61. The average molecular weight is 467 g/mol. The molecule has 7 nitrogen and oxygen atoms in total. The topological polar surface area (TPSA) is 107 Å². The number of allylic oxidation sites excluding steroid dienone is 1. The summed E-state index contributed by atoms with van der Waals surface area (Å²) in [6.45, 7) is 8.84. The number of ether oxygens (including phenoxy) is 2. The maximum Gasteiger partial charge on any atom is 0.303 e. The largest absolute Gasteiger partial charge is 0.458 e. The number of hydrogen-bond acceptors (Lipinski definition) is 7. The molecule has 0 aromatic heterocycles. The van der Waals surface area contributed by atoms with Gasteiger partial charge in [-0.3, -0.25) is 19.2 Å². The van der Waals surface area contributed by atoms with Crippen LogP contribution in [0, 0.1) is 22.7 Å². The van der Waals surface area contributed by atoms with E-state index >= 15 is 4.39 Å². The van der Waals surface area contributed by atoms with Gasteiger partial charge in [-0.2, -0.15) is 0 Å². The molecule has 33 heavy (non-hydrogen) atoms. The highest BCUT2D eigenvalue weighted by molar-refractivity contribution is 5.93. The first kappa shape index (κ1) is 25.5. The Labute approximate surface area is 194 Å². The molecular formula is C25H35FO7. The van der Waals surface area contributed by atoms with E-state index in [4.69, 9.17) is 9.47 Å². The highest BCUT2D eigenvalue weighted by Gasteiger charge is 2.76. The molecule has 0 aromatic carbocycles. The smallest absolute Gasteiger partial charge is 0.303 e. The normalized spacial score (nSPS) is 42.1. The predicted molar refractivity (Wildman–Crippen MR) is 117 cm³/mol. The van der Waals surface area contributed by atoms with Crippen LogP contribution in [0.15, 0.2) is 12.7 Å². The SMILES string of the molecule is C=CCC[C@@]1(C)C(=O)CC[C@H]2[C@@H]3CC[C@](OC(C)=O)(C(=O)COC(C)=O)[C@@]3(C)C[C@H](O)[C@@]21F. The molecule has 0 spiro atoms. The number of rotatable bonds is 7. The van der Waals surface area contributed by atoms with Crippen molar-refractivity contribution in [3.05, 3.63) is 12.7 Å². The Bertz CT molecular complexity index is 871. The number of aliphatic hydroxyl groups is 1. The number of carbonyl (C=O) groups excluding carboxylic acids is 4. The highest BCUT2D eigenvalue weighted by atomic mass is 19.1. The highest BCUT2D eigenvalue weighted by Crippen LogP contribution is 2.69. The van der Waals surface area contributed by atoms with Gasteiger partial charge in [-0.15, -0.1) is 6.58 Å². The number of carbonyl (C=O) groups is 4. The van der Waals surface area contributed by atoms with Crippen LogP contribution < -0.4 is 0 Å². The molecule has 3 saturated carbocycles. The van der Waals surface area contributed by atoms with Crippen molar-refractivity contribution in [2.45, 2.75) is 90.0 Å². The van der Waals surface area contributed by atoms with E-state index in [0.29, 0.717) is 12.8 Å². The standard InChI is InChI=1S/C25H35FO7/c1-6-7-11-22(4)19(29)9-8-18-17-10-12-24(33-16(3)28,21(31)14-32-15(2)27)23(17,5)13-20(30)25(18,22)26/h6,17-18,20,30H,1,7-14H2,2-5H3/t17-,18-,20-,22-,23-,24-,25-/m0/s1. The molecule has 0 radical (unpaired) electrons. The van der Waals surface area contributed by atoms with E-state index in [1.54, 1.807) is 19.9 Å². The number of fused-ring (bicyclic) bond motifs is 3. The number of Topliss-reactive ketones (excluding diaryl/α,β-unsaturated/α-hetero) is 2. The molecule has 3 aliphatic carbocycles. The van der Waals surface area contributed by atoms with Crippen LogP contribution in [-0.4, -0.2) is 52.6 Å². The molecule has 0 unspecified atom stereocenters. The Morgan fingerprint density at radius 3 is 2.42 bits per heavy atom. The quantitative estimate of drug-likeness (QED) is 0.453. The van der Waals surface area contributed by atoms with Crippen molar-refractivity contribution in [2.75, 3.05) is 6.61 Å². The van der Waals surface area contributed by atoms with Gasteiger partial charge in [0.15, 0.2) is 17.9 Å². The Kier molecular flexibility index (Phi) is 6.65. The van der Waals surface area contributed by atoms with Crippen molar-refractivity contribution in [3.8, 4) is 0 Å². The van der Waals surface area contributed by atoms with Crippen molar-refractivity contribution in [1.29, 1.82) is 0 Å². The van der Waals surface area contributed by atoms with Crippen molar-refractivity contribution >= 4 is 23.5 Å². The number of esters is 2. The maximum atomic E-state index is 17.0. The molecule has 0 aromatic rings. The lowest BCUT2D eigenvalue weighted by Gasteiger charge is -2.61. The van der Waals surface area contributed by atoms with E-state index in [1.807, 2.05) is 0 Å². The summed E-state index contributed by atoms with van der Waals surface area (Å²) in [5, 5.41) is 11.3. The molecule has 0 aliphatic heterocycles. The molecule has 184 valence electrons. The molecule has 1 N–H and O–H groups in total. The van der Waals surface area contributed by atoms with Gasteiger partial charge in [0, 0.05) is 31.6 Å². The van der Waals surface area contributed by atoms with Crippen LogP contribution in [0.25, 0.3) is 0 Å². The summed E-state index contributed by atoms with van der Waals surface area (Å²) in [5.41, 5.74) is -6.25. The maximum absolute atomic E-state index is 17.0. The number of ketones is 2. The predicted octanol–water partition coefficient (Wildman–Crippen LogP) is 3.26. The van der Waals surface area contributed by atoms with Gasteiger partial charge in [0.2, 0.25) is 5.78 Å². The summed E-state index contributed by atoms with van der Waals surface area (Å²) >= 11 is 0. The van der Waals surface area contributed by atoms with Crippen LogP contribution in [0.4, 0.5) is 4.39 Å².